The predicted octanol–water partition coefficient (Wildman–Crippen LogP) is 2.61. The van der Waals surface area contributed by atoms with E-state index < -0.39 is 6.10 Å². The van der Waals surface area contributed by atoms with Gasteiger partial charge in [-0.15, -0.1) is 0 Å². The van der Waals surface area contributed by atoms with Crippen molar-refractivity contribution < 1.29 is 18.7 Å². The first-order chi connectivity index (χ1) is 13.1. The summed E-state index contributed by atoms with van der Waals surface area (Å²) in [5.74, 6) is 0.533. The number of fused-ring (bicyclic) bond motifs is 3. The number of hydrogen-bond acceptors (Lipinski definition) is 5. The Morgan fingerprint density at radius 2 is 1.96 bits per heavy atom. The monoisotopic (exact) mass is 371 g/mol. The van der Waals surface area contributed by atoms with Gasteiger partial charge < -0.3 is 18.8 Å². The molecule has 2 aliphatic rings. The van der Waals surface area contributed by atoms with Crippen molar-refractivity contribution in [2.24, 2.45) is 0 Å². The van der Waals surface area contributed by atoms with Gasteiger partial charge in [-0.25, -0.2) is 4.79 Å². The molecule has 0 radical (unpaired) electrons. The Balaban J connectivity index is 1.60. The lowest BCUT2D eigenvalue weighted by Crippen LogP contribution is -2.41. The summed E-state index contributed by atoms with van der Waals surface area (Å²) < 4.78 is 17.0. The van der Waals surface area contributed by atoms with E-state index in [0.29, 0.717) is 37.6 Å². The number of hydrogen-bond donors (Lipinski definition) is 0. The standard InChI is InChI=1S/C21H25NO5/c1-13-18(26-14(2)20(23)22-9-4-11-25-12-10-22)8-7-16-15-5-3-6-17(15)21(24)27-19(13)16/h7-8,14H,3-6,9-12H2,1-2H3. The highest BCUT2D eigenvalue weighted by Gasteiger charge is 2.25. The molecular weight excluding hydrogens is 346 g/mol. The minimum absolute atomic E-state index is 0.0459. The molecule has 1 amide bonds. The normalized spacial score (nSPS) is 18.2. The Labute approximate surface area is 158 Å². The van der Waals surface area contributed by atoms with Crippen LogP contribution >= 0.6 is 0 Å². The lowest BCUT2D eigenvalue weighted by atomic mass is 10.0. The molecule has 6 heteroatoms. The van der Waals surface area contributed by atoms with Gasteiger partial charge in [0.25, 0.3) is 5.91 Å². The van der Waals surface area contributed by atoms with Gasteiger partial charge in [0.1, 0.15) is 11.3 Å². The minimum Gasteiger partial charge on any atom is -0.480 e. The van der Waals surface area contributed by atoms with E-state index in [2.05, 4.69) is 0 Å². The molecule has 144 valence electrons. The quantitative estimate of drug-likeness (QED) is 0.776. The Morgan fingerprint density at radius 3 is 2.81 bits per heavy atom. The molecule has 27 heavy (non-hydrogen) atoms. The maximum atomic E-state index is 12.7. The SMILES string of the molecule is Cc1c(OC(C)C(=O)N2CCCOCC2)ccc2c3c(c(=O)oc12)CCC3. The second kappa shape index (κ2) is 7.35. The van der Waals surface area contributed by atoms with E-state index in [-0.39, 0.29) is 11.5 Å². The first-order valence-electron chi connectivity index (χ1n) is 9.67. The zero-order valence-electron chi connectivity index (χ0n) is 15.9. The Morgan fingerprint density at radius 1 is 1.15 bits per heavy atom. The van der Waals surface area contributed by atoms with Crippen LogP contribution in [0.3, 0.4) is 0 Å². The van der Waals surface area contributed by atoms with Crippen LogP contribution < -0.4 is 10.4 Å². The number of carbonyl (C=O) groups excluding carboxylic acids is 1. The Kier molecular flexibility index (Phi) is 4.91. The molecule has 1 aliphatic carbocycles. The molecule has 0 saturated carbocycles. The summed E-state index contributed by atoms with van der Waals surface area (Å²) in [6.45, 7) is 6.15. The number of carbonyl (C=O) groups is 1. The molecule has 1 aromatic carbocycles. The number of ether oxygens (including phenoxy) is 2. The summed E-state index contributed by atoms with van der Waals surface area (Å²) in [5, 5.41) is 0.982. The van der Waals surface area contributed by atoms with Gasteiger partial charge in [0.2, 0.25) is 0 Å². The molecule has 1 atom stereocenters. The lowest BCUT2D eigenvalue weighted by molar-refractivity contribution is -0.138. The fourth-order valence-electron chi connectivity index (χ4n) is 4.06. The van der Waals surface area contributed by atoms with E-state index in [1.165, 1.54) is 0 Å². The average Bonchev–Trinajstić information content (AvgIpc) is 3.00. The zero-order chi connectivity index (χ0) is 19.0. The molecule has 1 saturated heterocycles. The molecular formula is C21H25NO5. The molecule has 0 bridgehead atoms. The van der Waals surface area contributed by atoms with Crippen LogP contribution in [-0.4, -0.2) is 43.2 Å². The van der Waals surface area contributed by atoms with Crippen molar-refractivity contribution in [3.63, 3.8) is 0 Å². The second-order valence-electron chi connectivity index (χ2n) is 7.32. The van der Waals surface area contributed by atoms with Crippen LogP contribution in [0.2, 0.25) is 0 Å². The van der Waals surface area contributed by atoms with E-state index in [9.17, 15) is 9.59 Å². The number of nitrogens with zero attached hydrogens (tertiary/aromatic N) is 1. The van der Waals surface area contributed by atoms with Crippen molar-refractivity contribution in [1.82, 2.24) is 4.90 Å². The zero-order valence-corrected chi connectivity index (χ0v) is 15.9. The predicted molar refractivity (Wildman–Crippen MR) is 101 cm³/mol. The molecule has 1 aliphatic heterocycles. The number of amides is 1. The highest BCUT2D eigenvalue weighted by Crippen LogP contribution is 2.33. The number of aryl methyl sites for hydroxylation is 2. The van der Waals surface area contributed by atoms with Gasteiger partial charge in [-0.3, -0.25) is 4.79 Å². The third-order valence-corrected chi connectivity index (χ3v) is 5.53. The maximum absolute atomic E-state index is 12.7. The molecule has 6 nitrogen and oxygen atoms in total. The summed E-state index contributed by atoms with van der Waals surface area (Å²) in [6.07, 6.45) is 2.91. The third-order valence-electron chi connectivity index (χ3n) is 5.53. The summed E-state index contributed by atoms with van der Waals surface area (Å²) in [6, 6.07) is 3.83. The van der Waals surface area contributed by atoms with Crippen LogP contribution in [0.25, 0.3) is 11.0 Å². The van der Waals surface area contributed by atoms with Gasteiger partial charge in [-0.05, 0) is 57.2 Å². The van der Waals surface area contributed by atoms with Gasteiger partial charge in [-0.2, -0.15) is 0 Å². The fourth-order valence-corrected chi connectivity index (χ4v) is 4.06. The van der Waals surface area contributed by atoms with Gasteiger partial charge in [-0.1, -0.05) is 0 Å². The lowest BCUT2D eigenvalue weighted by Gasteiger charge is -2.24. The topological polar surface area (TPSA) is 69.0 Å². The highest BCUT2D eigenvalue weighted by atomic mass is 16.5. The van der Waals surface area contributed by atoms with Crippen LogP contribution in [0, 0.1) is 6.92 Å². The Bertz CT molecular complexity index is 924. The van der Waals surface area contributed by atoms with Crippen molar-refractivity contribution in [1.29, 1.82) is 0 Å². The third kappa shape index (κ3) is 3.34. The van der Waals surface area contributed by atoms with Crippen LogP contribution in [-0.2, 0) is 22.4 Å². The van der Waals surface area contributed by atoms with Crippen molar-refractivity contribution in [3.05, 3.63) is 39.2 Å². The molecule has 0 N–H and O–H groups in total. The molecule has 2 aromatic rings. The van der Waals surface area contributed by atoms with Crippen LogP contribution in [0.15, 0.2) is 21.3 Å². The van der Waals surface area contributed by atoms with E-state index in [1.807, 2.05) is 19.1 Å². The summed E-state index contributed by atoms with van der Waals surface area (Å²) in [5.41, 5.74) is 3.00. The minimum atomic E-state index is -0.611. The first-order valence-corrected chi connectivity index (χ1v) is 9.67. The second-order valence-corrected chi connectivity index (χ2v) is 7.32. The molecule has 4 rings (SSSR count). The van der Waals surface area contributed by atoms with E-state index in [4.69, 9.17) is 13.9 Å². The first kappa shape index (κ1) is 18.0. The Hall–Kier alpha value is -2.34. The molecule has 0 spiro atoms. The van der Waals surface area contributed by atoms with Crippen LogP contribution in [0.5, 0.6) is 5.75 Å². The largest absolute Gasteiger partial charge is 0.480 e. The van der Waals surface area contributed by atoms with Crippen molar-refractivity contribution in [3.8, 4) is 5.75 Å². The van der Waals surface area contributed by atoms with Gasteiger partial charge in [0, 0.05) is 36.2 Å². The van der Waals surface area contributed by atoms with Crippen LogP contribution in [0.4, 0.5) is 0 Å². The van der Waals surface area contributed by atoms with Gasteiger partial charge >= 0.3 is 5.63 Å². The van der Waals surface area contributed by atoms with E-state index >= 15 is 0 Å². The van der Waals surface area contributed by atoms with E-state index in [0.717, 1.165) is 47.8 Å². The maximum Gasteiger partial charge on any atom is 0.339 e. The molecule has 1 unspecified atom stereocenters. The number of rotatable bonds is 3. The summed E-state index contributed by atoms with van der Waals surface area (Å²) >= 11 is 0. The van der Waals surface area contributed by atoms with Crippen molar-refractivity contribution >= 4 is 16.9 Å². The smallest absolute Gasteiger partial charge is 0.339 e. The van der Waals surface area contributed by atoms with Crippen molar-refractivity contribution in [2.45, 2.75) is 45.6 Å². The molecule has 1 aromatic heterocycles. The fraction of sp³-hybridized carbons (Fsp3) is 0.524. The van der Waals surface area contributed by atoms with Crippen molar-refractivity contribution in [2.75, 3.05) is 26.3 Å². The van der Waals surface area contributed by atoms with E-state index in [1.54, 1.807) is 11.8 Å². The van der Waals surface area contributed by atoms with Gasteiger partial charge in [0.15, 0.2) is 6.10 Å². The van der Waals surface area contributed by atoms with Gasteiger partial charge in [0.05, 0.1) is 6.61 Å². The van der Waals surface area contributed by atoms with Crippen LogP contribution in [0.1, 0.15) is 36.5 Å². The summed E-state index contributed by atoms with van der Waals surface area (Å²) in [4.78, 5) is 26.8. The number of benzene rings is 1. The molecule has 2 heterocycles. The summed E-state index contributed by atoms with van der Waals surface area (Å²) in [7, 11) is 0. The average molecular weight is 371 g/mol. The molecule has 1 fully saturated rings. The highest BCUT2D eigenvalue weighted by molar-refractivity contribution is 5.86.